The summed E-state index contributed by atoms with van der Waals surface area (Å²) in [6.07, 6.45) is 7.11. The number of aliphatic imine (C=N–C) groups is 1. The highest BCUT2D eigenvalue weighted by molar-refractivity contribution is 6.32. The van der Waals surface area contributed by atoms with E-state index >= 15 is 4.39 Å². The van der Waals surface area contributed by atoms with E-state index in [0.717, 1.165) is 31.8 Å². The van der Waals surface area contributed by atoms with Crippen LogP contribution in [0.25, 0.3) is 5.57 Å². The molecule has 4 aliphatic rings. The van der Waals surface area contributed by atoms with Crippen LogP contribution < -0.4 is 5.32 Å². The van der Waals surface area contributed by atoms with Crippen LogP contribution in [0.5, 0.6) is 0 Å². The Bertz CT molecular complexity index is 1110. The lowest BCUT2D eigenvalue weighted by Gasteiger charge is -2.40. The Balaban J connectivity index is 1.41. The van der Waals surface area contributed by atoms with E-state index in [-0.39, 0.29) is 42.7 Å². The lowest BCUT2D eigenvalue weighted by Crippen LogP contribution is -2.50. The molecule has 0 aromatic carbocycles. The van der Waals surface area contributed by atoms with Crippen LogP contribution in [0, 0.1) is 5.92 Å². The molecule has 2 fully saturated rings. The molecule has 208 valence electrons. The van der Waals surface area contributed by atoms with Gasteiger partial charge in [-0.1, -0.05) is 11.6 Å². The van der Waals surface area contributed by atoms with Crippen molar-refractivity contribution in [2.75, 3.05) is 38.7 Å². The van der Waals surface area contributed by atoms with Gasteiger partial charge in [0.25, 0.3) is 0 Å². The zero-order valence-electron chi connectivity index (χ0n) is 22.5. The smallest absolute Gasteiger partial charge is 0.223 e. The second-order valence-corrected chi connectivity index (χ2v) is 11.2. The standard InChI is InChI=1S/C27H38ClFN6O3/c1-15(2)35-22-11-18(24-19(28)12-30-27(33-24)31-21-7-9-38-14-23(21)36)10-20(29)25(22)32-26(35)17-6-5-8-34(13-17)16(3)37-4/h10-12,15-17,21-23,25,36H,5-9,13-14H2,1-4H3,(H,30,31,33)/t16?,17-,21?,22?,23?,25?/m1/s1. The monoisotopic (exact) mass is 548 g/mol. The number of ether oxygens (including phenoxy) is 2. The van der Waals surface area contributed by atoms with Crippen LogP contribution in [-0.2, 0) is 9.47 Å². The predicted molar refractivity (Wildman–Crippen MR) is 146 cm³/mol. The molecule has 0 saturated carbocycles. The highest BCUT2D eigenvalue weighted by atomic mass is 35.5. The van der Waals surface area contributed by atoms with Crippen molar-refractivity contribution >= 4 is 29.0 Å². The molecule has 2 saturated heterocycles. The van der Waals surface area contributed by atoms with Gasteiger partial charge in [-0.25, -0.2) is 14.4 Å². The lowest BCUT2D eigenvalue weighted by atomic mass is 9.93. The Labute approximate surface area is 228 Å². The van der Waals surface area contributed by atoms with Gasteiger partial charge in [0.15, 0.2) is 0 Å². The quantitative estimate of drug-likeness (QED) is 0.534. The maximum atomic E-state index is 15.7. The highest BCUT2D eigenvalue weighted by Gasteiger charge is 2.44. The van der Waals surface area contributed by atoms with E-state index in [0.29, 0.717) is 35.3 Å². The molecule has 2 N–H and O–H groups in total. The van der Waals surface area contributed by atoms with E-state index in [9.17, 15) is 5.11 Å². The molecule has 6 atom stereocenters. The number of nitrogens with one attached hydrogen (secondary N) is 1. The number of fused-ring (bicyclic) bond motifs is 1. The van der Waals surface area contributed by atoms with Crippen LogP contribution >= 0.6 is 11.6 Å². The molecule has 3 aliphatic heterocycles. The van der Waals surface area contributed by atoms with Crippen molar-refractivity contribution in [2.45, 2.75) is 76.5 Å². The number of nitrogens with zero attached hydrogens (tertiary/aromatic N) is 5. The minimum absolute atomic E-state index is 0.0303. The Kier molecular flexibility index (Phi) is 8.35. The number of halogens is 2. The summed E-state index contributed by atoms with van der Waals surface area (Å²) in [5.41, 5.74) is 1.06. The Morgan fingerprint density at radius 2 is 2.11 bits per heavy atom. The average molecular weight is 549 g/mol. The normalized spacial score (nSPS) is 31.0. The highest BCUT2D eigenvalue weighted by Crippen LogP contribution is 2.39. The predicted octanol–water partition coefficient (Wildman–Crippen LogP) is 3.51. The zero-order valence-corrected chi connectivity index (χ0v) is 23.2. The van der Waals surface area contributed by atoms with Gasteiger partial charge in [0.2, 0.25) is 5.95 Å². The zero-order chi connectivity index (χ0) is 27.0. The molecule has 38 heavy (non-hydrogen) atoms. The number of amidine groups is 1. The topological polar surface area (TPSA) is 95.3 Å². The van der Waals surface area contributed by atoms with Crippen LogP contribution in [0.3, 0.4) is 0 Å². The van der Waals surface area contributed by atoms with Crippen molar-refractivity contribution in [1.82, 2.24) is 19.8 Å². The van der Waals surface area contributed by atoms with Crippen molar-refractivity contribution in [1.29, 1.82) is 0 Å². The Hall–Kier alpha value is -2.11. The molecule has 9 nitrogen and oxygen atoms in total. The van der Waals surface area contributed by atoms with E-state index in [4.69, 9.17) is 26.1 Å². The summed E-state index contributed by atoms with van der Waals surface area (Å²) in [6.45, 7) is 8.94. The first kappa shape index (κ1) is 27.5. The number of allylic oxidation sites excluding steroid dienone is 2. The molecule has 0 amide bonds. The first-order valence-corrected chi connectivity index (χ1v) is 13.9. The molecule has 0 radical (unpaired) electrons. The third kappa shape index (κ3) is 5.47. The number of methoxy groups -OCH3 is 1. The molecular formula is C27H38ClFN6O3. The summed E-state index contributed by atoms with van der Waals surface area (Å²) in [5.74, 6) is 1.22. The van der Waals surface area contributed by atoms with Crippen molar-refractivity contribution in [3.05, 3.63) is 34.9 Å². The van der Waals surface area contributed by atoms with Gasteiger partial charge in [-0.15, -0.1) is 0 Å². The Morgan fingerprint density at radius 1 is 1.29 bits per heavy atom. The SMILES string of the molecule is COC(C)N1CCC[C@@H](C2=NC3C(F)=CC(c4nc(NC5CCOCC5O)ncc4Cl)=CC3N2C(C)C)C1. The minimum atomic E-state index is -0.658. The summed E-state index contributed by atoms with van der Waals surface area (Å²) >= 11 is 6.53. The van der Waals surface area contributed by atoms with Crippen molar-refractivity contribution in [3.63, 3.8) is 0 Å². The van der Waals surface area contributed by atoms with E-state index < -0.39 is 12.1 Å². The van der Waals surface area contributed by atoms with Crippen LogP contribution in [-0.4, -0.2) is 101 Å². The number of aliphatic hydroxyl groups excluding tert-OH is 1. The summed E-state index contributed by atoms with van der Waals surface area (Å²) in [7, 11) is 1.73. The summed E-state index contributed by atoms with van der Waals surface area (Å²) in [6, 6.07) is -0.940. The number of anilines is 1. The third-order valence-electron chi connectivity index (χ3n) is 7.99. The number of aliphatic hydroxyl groups is 1. The van der Waals surface area contributed by atoms with Crippen LogP contribution in [0.2, 0.25) is 5.02 Å². The van der Waals surface area contributed by atoms with E-state index in [2.05, 4.69) is 45.9 Å². The van der Waals surface area contributed by atoms with Gasteiger partial charge in [-0.05, 0) is 52.2 Å². The summed E-state index contributed by atoms with van der Waals surface area (Å²) in [4.78, 5) is 18.5. The van der Waals surface area contributed by atoms with E-state index in [1.54, 1.807) is 7.11 Å². The van der Waals surface area contributed by atoms with Gasteiger partial charge in [0.1, 0.15) is 23.9 Å². The molecule has 1 aliphatic carbocycles. The van der Waals surface area contributed by atoms with Crippen LogP contribution in [0.1, 0.15) is 45.7 Å². The largest absolute Gasteiger partial charge is 0.389 e. The van der Waals surface area contributed by atoms with Crippen LogP contribution in [0.15, 0.2) is 29.2 Å². The fraction of sp³-hybridized carbons (Fsp3) is 0.667. The van der Waals surface area contributed by atoms with Crippen LogP contribution in [0.4, 0.5) is 10.3 Å². The molecule has 1 aromatic heterocycles. The van der Waals surface area contributed by atoms with Crippen molar-refractivity contribution in [3.8, 4) is 0 Å². The molecule has 11 heteroatoms. The fourth-order valence-corrected chi connectivity index (χ4v) is 6.12. The van der Waals surface area contributed by atoms with Gasteiger partial charge < -0.3 is 24.8 Å². The number of aromatic nitrogens is 2. The molecule has 5 unspecified atom stereocenters. The first-order chi connectivity index (χ1) is 18.3. The molecule has 5 rings (SSSR count). The average Bonchev–Trinajstić information content (AvgIpc) is 3.31. The maximum Gasteiger partial charge on any atom is 0.223 e. The molecule has 4 heterocycles. The maximum absolute atomic E-state index is 15.7. The second kappa shape index (κ2) is 11.6. The summed E-state index contributed by atoms with van der Waals surface area (Å²) < 4.78 is 26.6. The summed E-state index contributed by atoms with van der Waals surface area (Å²) in [5, 5.41) is 13.8. The molecule has 1 aromatic rings. The van der Waals surface area contributed by atoms with Gasteiger partial charge in [-0.3, -0.25) is 9.89 Å². The third-order valence-corrected chi connectivity index (χ3v) is 8.27. The number of piperidine rings is 1. The number of likely N-dealkylation sites (tertiary alicyclic amines) is 1. The second-order valence-electron chi connectivity index (χ2n) is 10.8. The van der Waals surface area contributed by atoms with E-state index in [1.165, 1.54) is 12.3 Å². The Morgan fingerprint density at radius 3 is 2.84 bits per heavy atom. The van der Waals surface area contributed by atoms with Crippen molar-refractivity contribution in [2.24, 2.45) is 10.9 Å². The van der Waals surface area contributed by atoms with Gasteiger partial charge >= 0.3 is 0 Å². The number of hydrogen-bond donors (Lipinski definition) is 2. The van der Waals surface area contributed by atoms with Gasteiger partial charge in [0, 0.05) is 44.3 Å². The lowest BCUT2D eigenvalue weighted by molar-refractivity contribution is -0.0341. The first-order valence-electron chi connectivity index (χ1n) is 13.5. The van der Waals surface area contributed by atoms with Gasteiger partial charge in [0.05, 0.1) is 41.7 Å². The number of rotatable bonds is 7. The molecular weight excluding hydrogens is 511 g/mol. The van der Waals surface area contributed by atoms with Gasteiger partial charge in [-0.2, -0.15) is 0 Å². The number of hydrogen-bond acceptors (Lipinski definition) is 9. The molecule has 0 bridgehead atoms. The van der Waals surface area contributed by atoms with Crippen molar-refractivity contribution < 1.29 is 19.0 Å². The fourth-order valence-electron chi connectivity index (χ4n) is 5.92. The minimum Gasteiger partial charge on any atom is -0.389 e. The van der Waals surface area contributed by atoms with E-state index in [1.807, 2.05) is 6.08 Å². The molecule has 0 spiro atoms.